The maximum absolute atomic E-state index is 11.9. The molecule has 2 aromatic carbocycles. The molecule has 25 heavy (non-hydrogen) atoms. The Labute approximate surface area is 152 Å². The van der Waals surface area contributed by atoms with Crippen molar-refractivity contribution in [2.24, 2.45) is 0 Å². The highest BCUT2D eigenvalue weighted by atomic mass is 32.1. The third kappa shape index (κ3) is 3.57. The number of aryl methyl sites for hydroxylation is 2. The molecule has 0 saturated carbocycles. The first-order chi connectivity index (χ1) is 12.1. The third-order valence-corrected chi connectivity index (χ3v) is 5.20. The van der Waals surface area contributed by atoms with Crippen LogP contribution in [0.5, 0.6) is 5.75 Å². The molecule has 0 bridgehead atoms. The van der Waals surface area contributed by atoms with Gasteiger partial charge in [-0.2, -0.15) is 0 Å². The Morgan fingerprint density at radius 3 is 2.40 bits per heavy atom. The van der Waals surface area contributed by atoms with Crippen LogP contribution in [0.1, 0.15) is 22.3 Å². The highest BCUT2D eigenvalue weighted by molar-refractivity contribution is 7.13. The first-order valence-corrected chi connectivity index (χ1v) is 8.97. The Bertz CT molecular complexity index is 901. The number of thiophene rings is 1. The van der Waals surface area contributed by atoms with Crippen LogP contribution in [0, 0.1) is 13.8 Å². The molecule has 0 aliphatic heterocycles. The van der Waals surface area contributed by atoms with E-state index in [4.69, 9.17) is 4.74 Å². The first-order valence-electron chi connectivity index (χ1n) is 8.09. The van der Waals surface area contributed by atoms with Crippen molar-refractivity contribution >= 4 is 29.3 Å². The highest BCUT2D eigenvalue weighted by Crippen LogP contribution is 2.34. The monoisotopic (exact) mass is 348 g/mol. The van der Waals surface area contributed by atoms with E-state index in [0.29, 0.717) is 11.3 Å². The molecule has 0 aliphatic carbocycles. The molecule has 0 N–H and O–H groups in total. The zero-order valence-electron chi connectivity index (χ0n) is 14.6. The van der Waals surface area contributed by atoms with Gasteiger partial charge in [-0.1, -0.05) is 24.3 Å². The van der Waals surface area contributed by atoms with Crippen molar-refractivity contribution in [2.75, 3.05) is 7.11 Å². The van der Waals surface area contributed by atoms with Crippen LogP contribution in [0.15, 0.2) is 53.9 Å². The molecule has 2 nitrogen and oxygen atoms in total. The van der Waals surface area contributed by atoms with Crippen LogP contribution in [0.2, 0.25) is 0 Å². The van der Waals surface area contributed by atoms with E-state index in [2.05, 4.69) is 32.0 Å². The minimum atomic E-state index is 0.618. The number of methoxy groups -OCH3 is 1. The summed E-state index contributed by atoms with van der Waals surface area (Å²) in [5, 5.41) is 2.05. The average molecular weight is 348 g/mol. The second kappa shape index (κ2) is 7.49. The Balaban J connectivity index is 2.16. The van der Waals surface area contributed by atoms with Crippen LogP contribution >= 0.6 is 11.3 Å². The number of ether oxygens (including phenoxy) is 1. The molecule has 1 heterocycles. The number of aldehydes is 1. The second-order valence-electron chi connectivity index (χ2n) is 5.92. The SMILES string of the molecule is COc1ccc(-c2cccs2)cc1C(C=O)=Cc1c(C)cccc1C. The number of benzene rings is 2. The predicted octanol–water partition coefficient (Wildman–Crippen LogP) is 5.78. The molecule has 1 aromatic heterocycles. The number of rotatable bonds is 5. The smallest absolute Gasteiger partial charge is 0.150 e. The van der Waals surface area contributed by atoms with Crippen molar-refractivity contribution in [2.45, 2.75) is 13.8 Å². The van der Waals surface area contributed by atoms with E-state index in [1.54, 1.807) is 18.4 Å². The second-order valence-corrected chi connectivity index (χ2v) is 6.86. The molecule has 0 unspecified atom stereocenters. The van der Waals surface area contributed by atoms with E-state index in [-0.39, 0.29) is 0 Å². The van der Waals surface area contributed by atoms with Crippen molar-refractivity contribution in [1.29, 1.82) is 0 Å². The standard InChI is InChI=1S/C22H20O2S/c1-15-6-4-7-16(2)19(15)13-18(14-23)20-12-17(9-10-21(20)24-3)22-8-5-11-25-22/h4-14H,1-3H3. The van der Waals surface area contributed by atoms with E-state index < -0.39 is 0 Å². The summed E-state index contributed by atoms with van der Waals surface area (Å²) in [6.45, 7) is 4.11. The third-order valence-electron chi connectivity index (χ3n) is 4.29. The van der Waals surface area contributed by atoms with Gasteiger partial charge >= 0.3 is 0 Å². The van der Waals surface area contributed by atoms with E-state index in [1.807, 2.05) is 41.8 Å². The zero-order valence-corrected chi connectivity index (χ0v) is 15.4. The zero-order chi connectivity index (χ0) is 17.8. The first kappa shape index (κ1) is 17.2. The molecule has 0 atom stereocenters. The highest BCUT2D eigenvalue weighted by Gasteiger charge is 2.12. The molecule has 3 rings (SSSR count). The summed E-state index contributed by atoms with van der Waals surface area (Å²) in [6.07, 6.45) is 2.86. The maximum atomic E-state index is 11.9. The lowest BCUT2D eigenvalue weighted by molar-refractivity contribution is -0.103. The quantitative estimate of drug-likeness (QED) is 0.332. The number of carbonyl (C=O) groups excluding carboxylic acids is 1. The van der Waals surface area contributed by atoms with E-state index in [1.165, 1.54) is 4.88 Å². The van der Waals surface area contributed by atoms with Gasteiger partial charge in [0.1, 0.15) is 5.75 Å². The van der Waals surface area contributed by atoms with Gasteiger partial charge in [0.25, 0.3) is 0 Å². The van der Waals surface area contributed by atoms with Crippen LogP contribution in [-0.4, -0.2) is 13.4 Å². The van der Waals surface area contributed by atoms with E-state index >= 15 is 0 Å². The van der Waals surface area contributed by atoms with Crippen molar-refractivity contribution in [3.8, 4) is 16.2 Å². The molecule has 0 radical (unpaired) electrons. The topological polar surface area (TPSA) is 26.3 Å². The fourth-order valence-electron chi connectivity index (χ4n) is 2.92. The lowest BCUT2D eigenvalue weighted by Crippen LogP contribution is -1.95. The summed E-state index contributed by atoms with van der Waals surface area (Å²) in [7, 11) is 1.63. The molecule has 3 heteroatoms. The summed E-state index contributed by atoms with van der Waals surface area (Å²) in [5.74, 6) is 0.699. The molecular formula is C22H20O2S. The van der Waals surface area contributed by atoms with Gasteiger partial charge < -0.3 is 4.74 Å². The average Bonchev–Trinajstić information content (AvgIpc) is 3.16. The number of hydrogen-bond acceptors (Lipinski definition) is 3. The van der Waals surface area contributed by atoms with Crippen molar-refractivity contribution in [3.63, 3.8) is 0 Å². The lowest BCUT2D eigenvalue weighted by atomic mass is 9.96. The van der Waals surface area contributed by atoms with Gasteiger partial charge in [-0.3, -0.25) is 4.79 Å². The van der Waals surface area contributed by atoms with Gasteiger partial charge in [0.15, 0.2) is 6.29 Å². The predicted molar refractivity (Wildman–Crippen MR) is 106 cm³/mol. The maximum Gasteiger partial charge on any atom is 0.150 e. The molecular weight excluding hydrogens is 328 g/mol. The fraction of sp³-hybridized carbons (Fsp3) is 0.136. The van der Waals surface area contributed by atoms with E-state index in [9.17, 15) is 4.79 Å². The summed E-state index contributed by atoms with van der Waals surface area (Å²) in [4.78, 5) is 13.0. The molecule has 0 aliphatic rings. The number of hydrogen-bond donors (Lipinski definition) is 0. The minimum absolute atomic E-state index is 0.618. The Hall–Kier alpha value is -2.65. The molecule has 0 spiro atoms. The van der Waals surface area contributed by atoms with Crippen LogP contribution in [0.4, 0.5) is 0 Å². The fourth-order valence-corrected chi connectivity index (χ4v) is 3.64. The van der Waals surface area contributed by atoms with Gasteiger partial charge in [-0.25, -0.2) is 0 Å². The molecule has 0 saturated heterocycles. The van der Waals surface area contributed by atoms with E-state index in [0.717, 1.165) is 34.1 Å². The van der Waals surface area contributed by atoms with Gasteiger partial charge in [0.2, 0.25) is 0 Å². The van der Waals surface area contributed by atoms with Crippen molar-refractivity contribution in [3.05, 3.63) is 76.2 Å². The van der Waals surface area contributed by atoms with Crippen LogP contribution in [0.3, 0.4) is 0 Å². The van der Waals surface area contributed by atoms with Crippen molar-refractivity contribution < 1.29 is 9.53 Å². The number of carbonyl (C=O) groups is 1. The molecule has 0 amide bonds. The van der Waals surface area contributed by atoms with Crippen LogP contribution in [0.25, 0.3) is 22.1 Å². The minimum Gasteiger partial charge on any atom is -0.496 e. The number of allylic oxidation sites excluding steroid dienone is 1. The van der Waals surface area contributed by atoms with Crippen LogP contribution < -0.4 is 4.74 Å². The van der Waals surface area contributed by atoms with Gasteiger partial charge in [-0.15, -0.1) is 11.3 Å². The summed E-state index contributed by atoms with van der Waals surface area (Å²) < 4.78 is 5.50. The van der Waals surface area contributed by atoms with Gasteiger partial charge in [0, 0.05) is 16.0 Å². The Morgan fingerprint density at radius 2 is 1.80 bits per heavy atom. The van der Waals surface area contributed by atoms with Gasteiger partial charge in [0.05, 0.1) is 7.11 Å². The Kier molecular flexibility index (Phi) is 5.15. The normalized spacial score (nSPS) is 11.4. The van der Waals surface area contributed by atoms with Gasteiger partial charge in [-0.05, 0) is 71.8 Å². The molecule has 0 fully saturated rings. The molecule has 3 aromatic rings. The largest absolute Gasteiger partial charge is 0.496 e. The Morgan fingerprint density at radius 1 is 1.04 bits per heavy atom. The summed E-state index contributed by atoms with van der Waals surface area (Å²) >= 11 is 1.68. The summed E-state index contributed by atoms with van der Waals surface area (Å²) in [5.41, 5.74) is 5.88. The lowest BCUT2D eigenvalue weighted by Gasteiger charge is -2.12. The van der Waals surface area contributed by atoms with Crippen LogP contribution in [-0.2, 0) is 4.79 Å². The summed E-state index contributed by atoms with van der Waals surface area (Å²) in [6, 6.07) is 16.2. The molecule has 126 valence electrons. The van der Waals surface area contributed by atoms with Crippen molar-refractivity contribution in [1.82, 2.24) is 0 Å².